The molecule has 0 aliphatic carbocycles. The maximum Gasteiger partial charge on any atom is 0.419 e. The molecule has 0 spiro atoms. The summed E-state index contributed by atoms with van der Waals surface area (Å²) in [4.78, 5) is 9.03. The van der Waals surface area contributed by atoms with E-state index in [9.17, 15) is 17.6 Å². The first-order valence-corrected chi connectivity index (χ1v) is 8.88. The van der Waals surface area contributed by atoms with Crippen LogP contribution in [0.5, 0.6) is 0 Å². The van der Waals surface area contributed by atoms with Crippen molar-refractivity contribution in [1.29, 1.82) is 0 Å². The number of aryl methyl sites for hydroxylation is 1. The molecule has 0 fully saturated rings. The van der Waals surface area contributed by atoms with Crippen LogP contribution in [-0.2, 0) is 12.6 Å². The summed E-state index contributed by atoms with van der Waals surface area (Å²) in [7, 11) is 0. The van der Waals surface area contributed by atoms with Crippen molar-refractivity contribution >= 4 is 5.69 Å². The first kappa shape index (κ1) is 19.8. The topological polar surface area (TPSA) is 51.8 Å². The fourth-order valence-corrected chi connectivity index (χ4v) is 2.85. The molecule has 0 saturated heterocycles. The second kappa shape index (κ2) is 7.96. The van der Waals surface area contributed by atoms with Crippen molar-refractivity contribution in [2.45, 2.75) is 32.4 Å². The predicted molar refractivity (Wildman–Crippen MR) is 101 cm³/mol. The molecule has 0 aliphatic rings. The third kappa shape index (κ3) is 4.30. The number of nitrogens with zero attached hydrogens (tertiary/aromatic N) is 2. The number of halogens is 4. The Balaban J connectivity index is 2.12. The molecule has 0 atom stereocenters. The molecule has 3 rings (SSSR count). The molecule has 0 amide bonds. The van der Waals surface area contributed by atoms with E-state index in [2.05, 4.69) is 16.9 Å². The summed E-state index contributed by atoms with van der Waals surface area (Å²) in [6, 6.07) is 9.70. The number of nitrogens with two attached hydrogens (primary N) is 1. The number of rotatable bonds is 5. The van der Waals surface area contributed by atoms with Gasteiger partial charge in [0.2, 0.25) is 0 Å². The molecule has 0 unspecified atom stereocenters. The minimum Gasteiger partial charge on any atom is -0.399 e. The molecule has 1 heterocycles. The highest BCUT2D eigenvalue weighted by molar-refractivity contribution is 5.78. The third-order valence-electron chi connectivity index (χ3n) is 4.34. The molecule has 0 radical (unpaired) electrons. The molecule has 1 aromatic heterocycles. The summed E-state index contributed by atoms with van der Waals surface area (Å²) in [6.07, 6.45) is -0.512. The van der Waals surface area contributed by atoms with E-state index in [0.29, 0.717) is 22.6 Å². The Kier molecular flexibility index (Phi) is 5.63. The van der Waals surface area contributed by atoms with Gasteiger partial charge in [0.05, 0.1) is 22.6 Å². The molecule has 3 aromatic rings. The Morgan fingerprint density at radius 1 is 0.964 bits per heavy atom. The standard InChI is InChI=1S/C21H19F4N3/c1-2-3-4-16-12-27-19(20(28-16)13-5-8-15(26)9-6-13)14-7-10-17(18(22)11-14)21(23,24)25/h5-12H,2-4,26H2,1H3. The molecule has 0 bridgehead atoms. The molecule has 7 heteroatoms. The molecule has 2 aromatic carbocycles. The highest BCUT2D eigenvalue weighted by Gasteiger charge is 2.34. The maximum absolute atomic E-state index is 14.1. The summed E-state index contributed by atoms with van der Waals surface area (Å²) in [5, 5.41) is 0. The van der Waals surface area contributed by atoms with Crippen LogP contribution < -0.4 is 5.73 Å². The summed E-state index contributed by atoms with van der Waals surface area (Å²) < 4.78 is 52.6. The van der Waals surface area contributed by atoms with Gasteiger partial charge in [-0.25, -0.2) is 9.37 Å². The van der Waals surface area contributed by atoms with Crippen LogP contribution in [-0.4, -0.2) is 9.97 Å². The van der Waals surface area contributed by atoms with Crippen molar-refractivity contribution in [3.05, 3.63) is 65.7 Å². The first-order chi connectivity index (χ1) is 13.3. The Morgan fingerprint density at radius 2 is 1.64 bits per heavy atom. The van der Waals surface area contributed by atoms with E-state index < -0.39 is 17.6 Å². The quantitative estimate of drug-likeness (QED) is 0.437. The predicted octanol–water partition coefficient (Wildman–Crippen LogP) is 5.89. The SMILES string of the molecule is CCCCc1cnc(-c2ccc(C(F)(F)F)c(F)c2)c(-c2ccc(N)cc2)n1. The van der Waals surface area contributed by atoms with Gasteiger partial charge in [0.15, 0.2) is 0 Å². The Bertz CT molecular complexity index is 966. The van der Waals surface area contributed by atoms with Crippen molar-refractivity contribution in [3.8, 4) is 22.5 Å². The fraction of sp³-hybridized carbons (Fsp3) is 0.238. The number of nitrogen functional groups attached to an aromatic ring is 1. The average Bonchev–Trinajstić information content (AvgIpc) is 2.65. The normalized spacial score (nSPS) is 11.6. The van der Waals surface area contributed by atoms with Crippen molar-refractivity contribution in [2.75, 3.05) is 5.73 Å². The van der Waals surface area contributed by atoms with Crippen LogP contribution in [0.3, 0.4) is 0 Å². The van der Waals surface area contributed by atoms with Crippen molar-refractivity contribution in [2.24, 2.45) is 0 Å². The molecule has 146 valence electrons. The zero-order valence-electron chi connectivity index (χ0n) is 15.2. The van der Waals surface area contributed by atoms with E-state index in [-0.39, 0.29) is 5.56 Å². The minimum atomic E-state index is -4.75. The third-order valence-corrected chi connectivity index (χ3v) is 4.34. The van der Waals surface area contributed by atoms with Gasteiger partial charge in [0.25, 0.3) is 0 Å². The number of benzene rings is 2. The Hall–Kier alpha value is -2.96. The second-order valence-corrected chi connectivity index (χ2v) is 6.48. The molecule has 28 heavy (non-hydrogen) atoms. The molecule has 0 saturated carbocycles. The van der Waals surface area contributed by atoms with Crippen molar-refractivity contribution in [1.82, 2.24) is 9.97 Å². The summed E-state index contributed by atoms with van der Waals surface area (Å²) in [5.41, 5.74) is 7.50. The van der Waals surface area contributed by atoms with Crippen LogP contribution in [0.25, 0.3) is 22.5 Å². The lowest BCUT2D eigenvalue weighted by atomic mass is 10.0. The summed E-state index contributed by atoms with van der Waals surface area (Å²) in [5.74, 6) is -1.34. The number of aromatic nitrogens is 2. The van der Waals surface area contributed by atoms with Gasteiger partial charge in [-0.1, -0.05) is 31.5 Å². The van der Waals surface area contributed by atoms with E-state index in [1.807, 2.05) is 0 Å². The van der Waals surface area contributed by atoms with Gasteiger partial charge >= 0.3 is 6.18 Å². The molecule has 0 aliphatic heterocycles. The number of hydrogen-bond acceptors (Lipinski definition) is 3. The average molecular weight is 389 g/mol. The summed E-state index contributed by atoms with van der Waals surface area (Å²) in [6.45, 7) is 2.06. The van der Waals surface area contributed by atoms with Gasteiger partial charge in [-0.05, 0) is 37.1 Å². The van der Waals surface area contributed by atoms with Crippen LogP contribution in [0.4, 0.5) is 23.2 Å². The molecule has 2 N–H and O–H groups in total. The van der Waals surface area contributed by atoms with E-state index in [0.717, 1.165) is 37.1 Å². The Morgan fingerprint density at radius 3 is 2.25 bits per heavy atom. The van der Waals surface area contributed by atoms with E-state index in [1.165, 1.54) is 6.07 Å². The van der Waals surface area contributed by atoms with E-state index in [4.69, 9.17) is 5.73 Å². The second-order valence-electron chi connectivity index (χ2n) is 6.48. The lowest BCUT2D eigenvalue weighted by Crippen LogP contribution is -2.08. The molecule has 3 nitrogen and oxygen atoms in total. The van der Waals surface area contributed by atoms with Gasteiger partial charge in [-0.3, -0.25) is 4.98 Å². The monoisotopic (exact) mass is 389 g/mol. The number of hydrogen-bond donors (Lipinski definition) is 1. The van der Waals surface area contributed by atoms with Gasteiger partial charge in [0.1, 0.15) is 5.82 Å². The highest BCUT2D eigenvalue weighted by Crippen LogP contribution is 2.35. The van der Waals surface area contributed by atoms with Crippen LogP contribution in [0.2, 0.25) is 0 Å². The van der Waals surface area contributed by atoms with E-state index >= 15 is 0 Å². The van der Waals surface area contributed by atoms with Gasteiger partial charge in [0, 0.05) is 23.0 Å². The van der Waals surface area contributed by atoms with Gasteiger partial charge in [-0.15, -0.1) is 0 Å². The van der Waals surface area contributed by atoms with Crippen LogP contribution >= 0.6 is 0 Å². The maximum atomic E-state index is 14.1. The largest absolute Gasteiger partial charge is 0.419 e. The molecular weight excluding hydrogens is 370 g/mol. The van der Waals surface area contributed by atoms with Gasteiger partial charge < -0.3 is 5.73 Å². The Labute approximate surface area is 160 Å². The zero-order chi connectivity index (χ0) is 20.3. The van der Waals surface area contributed by atoms with E-state index in [1.54, 1.807) is 30.5 Å². The minimum absolute atomic E-state index is 0.229. The van der Waals surface area contributed by atoms with Crippen molar-refractivity contribution < 1.29 is 17.6 Å². The number of unbranched alkanes of at least 4 members (excludes halogenated alkanes) is 1. The number of alkyl halides is 3. The number of anilines is 1. The van der Waals surface area contributed by atoms with Gasteiger partial charge in [-0.2, -0.15) is 13.2 Å². The zero-order valence-corrected chi connectivity index (χ0v) is 15.2. The lowest BCUT2D eigenvalue weighted by molar-refractivity contribution is -0.139. The fourth-order valence-electron chi connectivity index (χ4n) is 2.85. The van der Waals surface area contributed by atoms with Crippen LogP contribution in [0.1, 0.15) is 31.0 Å². The first-order valence-electron chi connectivity index (χ1n) is 8.88. The summed E-state index contributed by atoms with van der Waals surface area (Å²) >= 11 is 0. The van der Waals surface area contributed by atoms with Crippen LogP contribution in [0.15, 0.2) is 48.7 Å². The van der Waals surface area contributed by atoms with Crippen molar-refractivity contribution in [3.63, 3.8) is 0 Å². The lowest BCUT2D eigenvalue weighted by Gasteiger charge is -2.13. The highest BCUT2D eigenvalue weighted by atomic mass is 19.4. The smallest absolute Gasteiger partial charge is 0.399 e. The molecular formula is C21H19F4N3. The van der Waals surface area contributed by atoms with Crippen LogP contribution in [0, 0.1) is 5.82 Å².